The van der Waals surface area contributed by atoms with E-state index in [1.165, 1.54) is 0 Å². The van der Waals surface area contributed by atoms with Gasteiger partial charge in [-0.2, -0.15) is 0 Å². The fourth-order valence-electron chi connectivity index (χ4n) is 0.981. The lowest BCUT2D eigenvalue weighted by Gasteiger charge is -2.19. The molecule has 0 aliphatic carbocycles. The van der Waals surface area contributed by atoms with Gasteiger partial charge in [0.15, 0.2) is 0 Å². The van der Waals surface area contributed by atoms with Crippen molar-refractivity contribution in [1.29, 1.82) is 0 Å². The molecule has 0 aromatic heterocycles. The Morgan fingerprint density at radius 2 is 1.75 bits per heavy atom. The van der Waals surface area contributed by atoms with E-state index in [0.717, 1.165) is 19.8 Å². The second kappa shape index (κ2) is 7.73. The Hall–Kier alpha value is 0.0969. The molecule has 2 N–H and O–H groups in total. The number of ether oxygens (including phenoxy) is 2. The molecule has 4 heteroatoms. The standard InChI is InChI=1S/C8H21NO2Si/c1-4-10-8(11-5-2)12-7(3)6-9/h7-8H,4-6,9,12H2,1-3H3. The number of nitrogens with two attached hydrogens (primary N) is 1. The van der Waals surface area contributed by atoms with Crippen molar-refractivity contribution in [3.05, 3.63) is 0 Å². The average molecular weight is 191 g/mol. The molecule has 0 aromatic carbocycles. The Kier molecular flexibility index (Phi) is 7.79. The van der Waals surface area contributed by atoms with Crippen LogP contribution in [0.25, 0.3) is 0 Å². The lowest BCUT2D eigenvalue weighted by atomic mass is 10.5. The predicted molar refractivity (Wildman–Crippen MR) is 54.1 cm³/mol. The highest BCUT2D eigenvalue weighted by molar-refractivity contribution is 6.38. The van der Waals surface area contributed by atoms with Crippen LogP contribution in [0.1, 0.15) is 20.8 Å². The largest absolute Gasteiger partial charge is 0.357 e. The number of hydrogen-bond donors (Lipinski definition) is 1. The summed E-state index contributed by atoms with van der Waals surface area (Å²) < 4.78 is 10.9. The van der Waals surface area contributed by atoms with Crippen molar-refractivity contribution < 1.29 is 9.47 Å². The van der Waals surface area contributed by atoms with E-state index in [1.807, 2.05) is 13.8 Å². The molecule has 0 amide bonds. The van der Waals surface area contributed by atoms with E-state index < -0.39 is 0 Å². The monoisotopic (exact) mass is 191 g/mol. The minimum atomic E-state index is -0.342. The van der Waals surface area contributed by atoms with Crippen LogP contribution >= 0.6 is 0 Å². The first-order valence-corrected chi connectivity index (χ1v) is 6.31. The van der Waals surface area contributed by atoms with Crippen LogP contribution in [-0.2, 0) is 9.47 Å². The molecule has 0 heterocycles. The highest BCUT2D eigenvalue weighted by Gasteiger charge is 2.12. The molecule has 0 spiro atoms. The molecular formula is C8H21NO2Si. The molecule has 0 aliphatic rings. The van der Waals surface area contributed by atoms with Gasteiger partial charge in [0, 0.05) is 13.2 Å². The van der Waals surface area contributed by atoms with Crippen molar-refractivity contribution in [2.24, 2.45) is 5.73 Å². The Bertz CT molecular complexity index is 97.1. The molecule has 1 unspecified atom stereocenters. The molecule has 3 nitrogen and oxygen atoms in total. The van der Waals surface area contributed by atoms with Crippen LogP contribution in [0.4, 0.5) is 0 Å². The average Bonchev–Trinajstić information content (AvgIpc) is 2.05. The van der Waals surface area contributed by atoms with E-state index in [1.54, 1.807) is 0 Å². The van der Waals surface area contributed by atoms with E-state index in [4.69, 9.17) is 15.2 Å². The van der Waals surface area contributed by atoms with Gasteiger partial charge < -0.3 is 15.2 Å². The van der Waals surface area contributed by atoms with Crippen LogP contribution in [0.2, 0.25) is 5.54 Å². The number of rotatable bonds is 7. The van der Waals surface area contributed by atoms with Crippen molar-refractivity contribution in [3.8, 4) is 0 Å². The Balaban J connectivity index is 3.61. The molecule has 0 saturated heterocycles. The van der Waals surface area contributed by atoms with Gasteiger partial charge in [-0.05, 0) is 25.9 Å². The third kappa shape index (κ3) is 5.71. The third-order valence-electron chi connectivity index (χ3n) is 1.70. The van der Waals surface area contributed by atoms with Gasteiger partial charge >= 0.3 is 0 Å². The van der Waals surface area contributed by atoms with Gasteiger partial charge in [0.2, 0.25) is 0 Å². The van der Waals surface area contributed by atoms with Gasteiger partial charge in [0.05, 0.1) is 9.52 Å². The highest BCUT2D eigenvalue weighted by Crippen LogP contribution is 2.04. The molecule has 0 saturated carbocycles. The van der Waals surface area contributed by atoms with E-state index >= 15 is 0 Å². The van der Waals surface area contributed by atoms with Crippen LogP contribution < -0.4 is 5.73 Å². The van der Waals surface area contributed by atoms with Crippen molar-refractivity contribution >= 4 is 9.52 Å². The van der Waals surface area contributed by atoms with Crippen LogP contribution in [0, 0.1) is 0 Å². The maximum atomic E-state index is 5.54. The molecule has 0 bridgehead atoms. The summed E-state index contributed by atoms with van der Waals surface area (Å²) in [6.07, 6.45) is 0. The third-order valence-corrected chi connectivity index (χ3v) is 3.70. The Morgan fingerprint density at radius 1 is 1.25 bits per heavy atom. The molecular weight excluding hydrogens is 170 g/mol. The summed E-state index contributed by atoms with van der Waals surface area (Å²) in [6, 6.07) is 0. The van der Waals surface area contributed by atoms with Crippen LogP contribution in [-0.4, -0.2) is 35.2 Å². The van der Waals surface area contributed by atoms with Crippen molar-refractivity contribution in [3.63, 3.8) is 0 Å². The molecule has 12 heavy (non-hydrogen) atoms. The predicted octanol–water partition coefficient (Wildman–Crippen LogP) is 0.279. The summed E-state index contributed by atoms with van der Waals surface area (Å²) in [5.74, 6) is 0.0681. The Morgan fingerprint density at radius 3 is 2.08 bits per heavy atom. The van der Waals surface area contributed by atoms with E-state index in [-0.39, 0.29) is 15.4 Å². The van der Waals surface area contributed by atoms with E-state index in [2.05, 4.69) is 6.92 Å². The van der Waals surface area contributed by atoms with Gasteiger partial charge in [0.1, 0.15) is 5.91 Å². The lowest BCUT2D eigenvalue weighted by Crippen LogP contribution is -2.29. The normalized spacial score (nSPS) is 14.8. The zero-order chi connectivity index (χ0) is 9.40. The summed E-state index contributed by atoms with van der Waals surface area (Å²) >= 11 is 0. The lowest BCUT2D eigenvalue weighted by molar-refractivity contribution is -0.0832. The SMILES string of the molecule is CCOC(OCC)[SiH2]C(C)CN. The van der Waals surface area contributed by atoms with Crippen molar-refractivity contribution in [1.82, 2.24) is 0 Å². The quantitative estimate of drug-likeness (QED) is 0.464. The molecule has 0 aliphatic heterocycles. The van der Waals surface area contributed by atoms with Gasteiger partial charge in [-0.3, -0.25) is 0 Å². The van der Waals surface area contributed by atoms with E-state index in [9.17, 15) is 0 Å². The van der Waals surface area contributed by atoms with Gasteiger partial charge in [-0.15, -0.1) is 0 Å². The van der Waals surface area contributed by atoms with Crippen molar-refractivity contribution in [2.45, 2.75) is 32.2 Å². The van der Waals surface area contributed by atoms with Crippen molar-refractivity contribution in [2.75, 3.05) is 19.8 Å². The number of hydrogen-bond acceptors (Lipinski definition) is 3. The van der Waals surface area contributed by atoms with Gasteiger partial charge in [-0.25, -0.2) is 0 Å². The minimum absolute atomic E-state index is 0.0681. The fourth-order valence-corrected chi connectivity index (χ4v) is 2.57. The second-order valence-corrected chi connectivity index (χ2v) is 5.45. The van der Waals surface area contributed by atoms with Crippen LogP contribution in [0.3, 0.4) is 0 Å². The molecule has 1 atom stereocenters. The maximum absolute atomic E-state index is 5.54. The smallest absolute Gasteiger partial charge is 0.135 e. The van der Waals surface area contributed by atoms with Crippen LogP contribution in [0.15, 0.2) is 0 Å². The summed E-state index contributed by atoms with van der Waals surface area (Å²) in [4.78, 5) is 0. The first-order chi connectivity index (χ1) is 5.74. The summed E-state index contributed by atoms with van der Waals surface area (Å²) in [7, 11) is -0.342. The Labute approximate surface area is 77.4 Å². The van der Waals surface area contributed by atoms with Gasteiger partial charge in [-0.1, -0.05) is 6.92 Å². The van der Waals surface area contributed by atoms with Crippen LogP contribution in [0.5, 0.6) is 0 Å². The fraction of sp³-hybridized carbons (Fsp3) is 1.00. The zero-order valence-corrected chi connectivity index (χ0v) is 9.79. The van der Waals surface area contributed by atoms with E-state index in [0.29, 0.717) is 5.54 Å². The van der Waals surface area contributed by atoms with Gasteiger partial charge in [0.25, 0.3) is 0 Å². The topological polar surface area (TPSA) is 44.5 Å². The maximum Gasteiger partial charge on any atom is 0.135 e. The molecule has 74 valence electrons. The second-order valence-electron chi connectivity index (χ2n) is 2.92. The summed E-state index contributed by atoms with van der Waals surface area (Å²) in [5.41, 5.74) is 6.14. The zero-order valence-electron chi connectivity index (χ0n) is 8.38. The summed E-state index contributed by atoms with van der Waals surface area (Å²) in [6.45, 7) is 8.37. The first-order valence-electron chi connectivity index (χ1n) is 4.67. The molecule has 0 rings (SSSR count). The molecule has 0 aromatic rings. The first kappa shape index (κ1) is 12.1. The summed E-state index contributed by atoms with van der Waals surface area (Å²) in [5, 5.41) is 0. The minimum Gasteiger partial charge on any atom is -0.357 e. The molecule has 0 fully saturated rings. The highest BCUT2D eigenvalue weighted by atomic mass is 28.2. The molecule has 0 radical (unpaired) electrons.